The van der Waals surface area contributed by atoms with Crippen LogP contribution >= 0.6 is 35.3 Å². The zero-order valence-electron chi connectivity index (χ0n) is 14.5. The van der Waals surface area contributed by atoms with Gasteiger partial charge in [0.25, 0.3) is 0 Å². The number of rotatable bonds is 5. The first-order valence-corrected chi connectivity index (χ1v) is 8.96. The summed E-state index contributed by atoms with van der Waals surface area (Å²) >= 11 is 1.85. The number of thiophene rings is 1. The summed E-state index contributed by atoms with van der Waals surface area (Å²) < 4.78 is 0. The number of halogens is 1. The monoisotopic (exact) mass is 466 g/mol. The zero-order valence-corrected chi connectivity index (χ0v) is 17.6. The van der Waals surface area contributed by atoms with Crippen LogP contribution in [-0.4, -0.2) is 18.0 Å². The van der Waals surface area contributed by atoms with Gasteiger partial charge in [0.05, 0.1) is 12.1 Å². The summed E-state index contributed by atoms with van der Waals surface area (Å²) in [7, 11) is 1.79. The van der Waals surface area contributed by atoms with E-state index in [-0.39, 0.29) is 24.0 Å². The fourth-order valence-electron chi connectivity index (χ4n) is 2.59. The molecule has 2 heterocycles. The van der Waals surface area contributed by atoms with Crippen LogP contribution in [0.4, 0.5) is 0 Å². The smallest absolute Gasteiger partial charge is 0.191 e. The zero-order chi connectivity index (χ0) is 16.8. The number of aliphatic imine (C=N–C) groups is 1. The van der Waals surface area contributed by atoms with Gasteiger partial charge in [-0.3, -0.25) is 9.98 Å². The Kier molecular flexibility index (Phi) is 7.64. The van der Waals surface area contributed by atoms with Gasteiger partial charge in [0.15, 0.2) is 5.96 Å². The highest BCUT2D eigenvalue weighted by atomic mass is 127. The van der Waals surface area contributed by atoms with Crippen molar-refractivity contribution in [3.05, 3.63) is 64.0 Å². The van der Waals surface area contributed by atoms with Crippen LogP contribution in [0.2, 0.25) is 0 Å². The summed E-state index contributed by atoms with van der Waals surface area (Å²) in [6.07, 6.45) is 2.92. The minimum atomic E-state index is 0. The first kappa shape index (κ1) is 19.7. The van der Waals surface area contributed by atoms with Crippen molar-refractivity contribution in [3.63, 3.8) is 0 Å². The maximum atomic E-state index is 4.49. The van der Waals surface area contributed by atoms with Crippen molar-refractivity contribution in [1.82, 2.24) is 15.6 Å². The van der Waals surface area contributed by atoms with Gasteiger partial charge in [-0.05, 0) is 30.2 Å². The maximum Gasteiger partial charge on any atom is 0.191 e. The van der Waals surface area contributed by atoms with Gasteiger partial charge in [-0.25, -0.2) is 0 Å². The molecule has 0 fully saturated rings. The van der Waals surface area contributed by atoms with E-state index in [0.29, 0.717) is 6.54 Å². The van der Waals surface area contributed by atoms with Crippen LogP contribution in [0.15, 0.2) is 53.7 Å². The Balaban J connectivity index is 0.00000225. The van der Waals surface area contributed by atoms with E-state index >= 15 is 0 Å². The standard InChI is InChI=1S/C19H22N4S.HI/c1-3-16-9-10-17(24-16)13-23-19(20-2)22-12-15-7-4-6-14-8-5-11-21-18(14)15;/h4-11H,3,12-13H2,1-2H3,(H2,20,22,23);1H. The van der Waals surface area contributed by atoms with E-state index in [2.05, 4.69) is 63.9 Å². The SMILES string of the molecule is CCc1ccc(CNC(=NC)NCc2cccc3cccnc23)s1.I. The topological polar surface area (TPSA) is 49.3 Å². The summed E-state index contributed by atoms with van der Waals surface area (Å²) in [5, 5.41) is 7.90. The number of aromatic nitrogens is 1. The molecular formula is C19H23IN4S. The van der Waals surface area contributed by atoms with Gasteiger partial charge in [0, 0.05) is 34.9 Å². The highest BCUT2D eigenvalue weighted by molar-refractivity contribution is 14.0. The Labute approximate surface area is 169 Å². The lowest BCUT2D eigenvalue weighted by Gasteiger charge is -2.12. The van der Waals surface area contributed by atoms with E-state index in [4.69, 9.17) is 0 Å². The van der Waals surface area contributed by atoms with Crippen LogP contribution in [-0.2, 0) is 19.5 Å². The lowest BCUT2D eigenvalue weighted by Crippen LogP contribution is -2.36. The van der Waals surface area contributed by atoms with Gasteiger partial charge in [0.1, 0.15) is 0 Å². The molecule has 4 nitrogen and oxygen atoms in total. The minimum absolute atomic E-state index is 0. The first-order chi connectivity index (χ1) is 11.8. The van der Waals surface area contributed by atoms with Crippen molar-refractivity contribution >= 4 is 52.2 Å². The number of para-hydroxylation sites is 1. The molecule has 0 aliphatic carbocycles. The van der Waals surface area contributed by atoms with Crippen molar-refractivity contribution in [3.8, 4) is 0 Å². The summed E-state index contributed by atoms with van der Waals surface area (Å²) in [4.78, 5) is 11.5. The molecule has 0 bridgehead atoms. The van der Waals surface area contributed by atoms with E-state index in [1.165, 1.54) is 15.3 Å². The molecular weight excluding hydrogens is 443 g/mol. The Morgan fingerprint density at radius 2 is 1.80 bits per heavy atom. The molecule has 0 atom stereocenters. The summed E-state index contributed by atoms with van der Waals surface area (Å²) in [6, 6.07) is 14.7. The lowest BCUT2D eigenvalue weighted by molar-refractivity contribution is 0.817. The van der Waals surface area contributed by atoms with Crippen molar-refractivity contribution in [1.29, 1.82) is 0 Å². The second kappa shape index (κ2) is 9.72. The van der Waals surface area contributed by atoms with E-state index in [1.807, 2.05) is 23.6 Å². The van der Waals surface area contributed by atoms with Gasteiger partial charge in [-0.2, -0.15) is 0 Å². The quantitative estimate of drug-likeness (QED) is 0.334. The number of aryl methyl sites for hydroxylation is 1. The van der Waals surface area contributed by atoms with Crippen molar-refractivity contribution < 1.29 is 0 Å². The molecule has 6 heteroatoms. The van der Waals surface area contributed by atoms with E-state index < -0.39 is 0 Å². The second-order valence-corrected chi connectivity index (χ2v) is 6.75. The van der Waals surface area contributed by atoms with E-state index in [9.17, 15) is 0 Å². The van der Waals surface area contributed by atoms with Gasteiger partial charge < -0.3 is 10.6 Å². The molecule has 0 aliphatic rings. The third kappa shape index (κ3) is 5.15. The fourth-order valence-corrected chi connectivity index (χ4v) is 3.49. The molecule has 0 radical (unpaired) electrons. The molecule has 25 heavy (non-hydrogen) atoms. The molecule has 2 aromatic heterocycles. The van der Waals surface area contributed by atoms with Crippen LogP contribution in [0, 0.1) is 0 Å². The van der Waals surface area contributed by atoms with Crippen molar-refractivity contribution in [2.75, 3.05) is 7.05 Å². The molecule has 2 N–H and O–H groups in total. The number of pyridine rings is 1. The second-order valence-electron chi connectivity index (χ2n) is 5.49. The highest BCUT2D eigenvalue weighted by Gasteiger charge is 2.04. The molecule has 0 aliphatic heterocycles. The summed E-state index contributed by atoms with van der Waals surface area (Å²) in [5.41, 5.74) is 2.20. The number of guanidine groups is 1. The van der Waals surface area contributed by atoms with Crippen LogP contribution in [0.1, 0.15) is 22.2 Å². The molecule has 0 amide bonds. The molecule has 0 saturated heterocycles. The Morgan fingerprint density at radius 1 is 1.04 bits per heavy atom. The summed E-state index contributed by atoms with van der Waals surface area (Å²) in [6.45, 7) is 3.67. The van der Waals surface area contributed by atoms with Crippen LogP contribution in [0.3, 0.4) is 0 Å². The predicted molar refractivity (Wildman–Crippen MR) is 118 cm³/mol. The molecule has 3 aromatic rings. The van der Waals surface area contributed by atoms with Gasteiger partial charge in [-0.1, -0.05) is 31.2 Å². The Hall–Kier alpha value is -1.67. The van der Waals surface area contributed by atoms with Crippen LogP contribution < -0.4 is 10.6 Å². The number of fused-ring (bicyclic) bond motifs is 1. The lowest BCUT2D eigenvalue weighted by atomic mass is 10.1. The molecule has 0 saturated carbocycles. The average molecular weight is 466 g/mol. The van der Waals surface area contributed by atoms with E-state index in [0.717, 1.165) is 29.8 Å². The normalized spacial score (nSPS) is 11.2. The Bertz CT molecular complexity index is 839. The number of nitrogens with one attached hydrogen (secondary N) is 2. The molecule has 0 unspecified atom stereocenters. The van der Waals surface area contributed by atoms with Gasteiger partial charge >= 0.3 is 0 Å². The number of benzene rings is 1. The van der Waals surface area contributed by atoms with Crippen molar-refractivity contribution in [2.45, 2.75) is 26.4 Å². The summed E-state index contributed by atoms with van der Waals surface area (Å²) in [5.74, 6) is 0.800. The molecule has 3 rings (SSSR count). The minimum Gasteiger partial charge on any atom is -0.352 e. The number of hydrogen-bond acceptors (Lipinski definition) is 3. The molecule has 132 valence electrons. The first-order valence-electron chi connectivity index (χ1n) is 8.15. The van der Waals surface area contributed by atoms with Gasteiger partial charge in [0.2, 0.25) is 0 Å². The number of hydrogen-bond donors (Lipinski definition) is 2. The maximum absolute atomic E-state index is 4.49. The molecule has 0 spiro atoms. The van der Waals surface area contributed by atoms with Gasteiger partial charge in [-0.15, -0.1) is 35.3 Å². The van der Waals surface area contributed by atoms with Crippen LogP contribution in [0.25, 0.3) is 10.9 Å². The third-order valence-corrected chi connectivity index (χ3v) is 5.11. The fraction of sp³-hybridized carbons (Fsp3) is 0.263. The predicted octanol–water partition coefficient (Wildman–Crippen LogP) is 4.34. The van der Waals surface area contributed by atoms with Crippen LogP contribution in [0.5, 0.6) is 0 Å². The largest absolute Gasteiger partial charge is 0.352 e. The third-order valence-electron chi connectivity index (χ3n) is 3.88. The molecule has 1 aromatic carbocycles. The van der Waals surface area contributed by atoms with E-state index in [1.54, 1.807) is 7.05 Å². The van der Waals surface area contributed by atoms with Crippen molar-refractivity contribution in [2.24, 2.45) is 4.99 Å². The average Bonchev–Trinajstić information content (AvgIpc) is 3.10. The Morgan fingerprint density at radius 3 is 2.56 bits per heavy atom. The highest BCUT2D eigenvalue weighted by Crippen LogP contribution is 2.17. The number of nitrogens with zero attached hydrogens (tertiary/aromatic N) is 2.